The maximum atomic E-state index is 9.54. The quantitative estimate of drug-likeness (QED) is 0.792. The number of ether oxygens (including phenoxy) is 2. The van der Waals surface area contributed by atoms with Gasteiger partial charge in [0.1, 0.15) is 0 Å². The lowest BCUT2D eigenvalue weighted by Gasteiger charge is -2.14. The first-order valence-corrected chi connectivity index (χ1v) is 6.26. The van der Waals surface area contributed by atoms with Crippen LogP contribution in [0.25, 0.3) is 0 Å². The number of aliphatic hydroxyl groups is 1. The molecule has 1 rings (SSSR count). The Balaban J connectivity index is 2.86. The summed E-state index contributed by atoms with van der Waals surface area (Å²) >= 11 is 0. The van der Waals surface area contributed by atoms with Gasteiger partial charge in [0.25, 0.3) is 0 Å². The second-order valence-corrected chi connectivity index (χ2v) is 4.08. The predicted octanol–water partition coefficient (Wildman–Crippen LogP) is 3.32. The Morgan fingerprint density at radius 1 is 1.06 bits per heavy atom. The van der Waals surface area contributed by atoms with Gasteiger partial charge in [0.2, 0.25) is 0 Å². The van der Waals surface area contributed by atoms with Gasteiger partial charge in [0, 0.05) is 0 Å². The fraction of sp³-hybridized carbons (Fsp3) is 0.571. The van der Waals surface area contributed by atoms with Crippen LogP contribution >= 0.6 is 0 Å². The Morgan fingerprint density at radius 3 is 2.18 bits per heavy atom. The van der Waals surface area contributed by atoms with Gasteiger partial charge >= 0.3 is 0 Å². The molecule has 0 aliphatic heterocycles. The van der Waals surface area contributed by atoms with Crippen molar-refractivity contribution in [2.24, 2.45) is 0 Å². The van der Waals surface area contributed by atoms with Gasteiger partial charge in [-0.1, -0.05) is 19.9 Å². The molecule has 96 valence electrons. The standard InChI is InChI=1S/C14H22O3/c1-4-8-16-13-7-6-12(11(3)15)10-14(13)17-9-5-2/h6-7,10-11,15H,4-5,8-9H2,1-3H3/t11-/m1/s1. The van der Waals surface area contributed by atoms with E-state index in [1.54, 1.807) is 6.92 Å². The molecule has 0 saturated heterocycles. The normalized spacial score (nSPS) is 12.2. The third-order valence-electron chi connectivity index (χ3n) is 2.37. The fourth-order valence-corrected chi connectivity index (χ4v) is 1.44. The first-order valence-electron chi connectivity index (χ1n) is 6.26. The van der Waals surface area contributed by atoms with Crippen molar-refractivity contribution in [3.63, 3.8) is 0 Å². The van der Waals surface area contributed by atoms with Crippen molar-refractivity contribution < 1.29 is 14.6 Å². The molecule has 3 heteroatoms. The summed E-state index contributed by atoms with van der Waals surface area (Å²) in [6, 6.07) is 5.59. The highest BCUT2D eigenvalue weighted by Gasteiger charge is 2.09. The third-order valence-corrected chi connectivity index (χ3v) is 2.37. The van der Waals surface area contributed by atoms with E-state index in [1.807, 2.05) is 18.2 Å². The lowest BCUT2D eigenvalue weighted by atomic mass is 10.1. The van der Waals surface area contributed by atoms with Crippen molar-refractivity contribution in [3.8, 4) is 11.5 Å². The van der Waals surface area contributed by atoms with E-state index >= 15 is 0 Å². The van der Waals surface area contributed by atoms with Gasteiger partial charge in [0.05, 0.1) is 19.3 Å². The molecule has 1 N–H and O–H groups in total. The predicted molar refractivity (Wildman–Crippen MR) is 68.6 cm³/mol. The maximum absolute atomic E-state index is 9.54. The van der Waals surface area contributed by atoms with Crippen LogP contribution in [0, 0.1) is 0 Å². The van der Waals surface area contributed by atoms with Gasteiger partial charge in [-0.2, -0.15) is 0 Å². The molecule has 0 radical (unpaired) electrons. The molecule has 0 saturated carbocycles. The molecule has 0 fully saturated rings. The number of hydrogen-bond donors (Lipinski definition) is 1. The average Bonchev–Trinajstić information content (AvgIpc) is 2.34. The minimum absolute atomic E-state index is 0.487. The Hall–Kier alpha value is -1.22. The second kappa shape index (κ2) is 7.17. The molecule has 0 aliphatic carbocycles. The van der Waals surface area contributed by atoms with Crippen LogP contribution in [0.1, 0.15) is 45.3 Å². The summed E-state index contributed by atoms with van der Waals surface area (Å²) in [5, 5.41) is 9.54. The Kier molecular flexibility index (Phi) is 5.84. The molecule has 1 aromatic rings. The topological polar surface area (TPSA) is 38.7 Å². The van der Waals surface area contributed by atoms with Crippen LogP contribution in [-0.2, 0) is 0 Å². The van der Waals surface area contributed by atoms with E-state index in [0.717, 1.165) is 29.9 Å². The highest BCUT2D eigenvalue weighted by Crippen LogP contribution is 2.30. The van der Waals surface area contributed by atoms with E-state index in [2.05, 4.69) is 13.8 Å². The summed E-state index contributed by atoms with van der Waals surface area (Å²) in [5.41, 5.74) is 0.847. The largest absolute Gasteiger partial charge is 0.490 e. The monoisotopic (exact) mass is 238 g/mol. The zero-order chi connectivity index (χ0) is 12.7. The zero-order valence-electron chi connectivity index (χ0n) is 10.9. The number of aliphatic hydroxyl groups excluding tert-OH is 1. The van der Waals surface area contributed by atoms with E-state index in [9.17, 15) is 5.11 Å². The third kappa shape index (κ3) is 4.27. The van der Waals surface area contributed by atoms with Crippen LogP contribution in [0.15, 0.2) is 18.2 Å². The molecule has 0 unspecified atom stereocenters. The van der Waals surface area contributed by atoms with Crippen molar-refractivity contribution in [2.75, 3.05) is 13.2 Å². The summed E-state index contributed by atoms with van der Waals surface area (Å²) in [4.78, 5) is 0. The Bertz CT molecular complexity index is 334. The first kappa shape index (κ1) is 13.8. The summed E-state index contributed by atoms with van der Waals surface area (Å²) in [6.45, 7) is 7.20. The second-order valence-electron chi connectivity index (χ2n) is 4.08. The van der Waals surface area contributed by atoms with Crippen molar-refractivity contribution in [1.82, 2.24) is 0 Å². The lowest BCUT2D eigenvalue weighted by Crippen LogP contribution is -2.02. The number of hydrogen-bond acceptors (Lipinski definition) is 3. The van der Waals surface area contributed by atoms with Crippen LogP contribution in [0.4, 0.5) is 0 Å². The molecular formula is C14H22O3. The number of rotatable bonds is 7. The van der Waals surface area contributed by atoms with Crippen molar-refractivity contribution in [3.05, 3.63) is 23.8 Å². The van der Waals surface area contributed by atoms with Crippen molar-refractivity contribution in [2.45, 2.75) is 39.7 Å². The molecular weight excluding hydrogens is 216 g/mol. The molecule has 1 aromatic carbocycles. The Morgan fingerprint density at radius 2 is 1.65 bits per heavy atom. The lowest BCUT2D eigenvalue weighted by molar-refractivity contribution is 0.198. The van der Waals surface area contributed by atoms with Crippen LogP contribution < -0.4 is 9.47 Å². The first-order chi connectivity index (χ1) is 8.19. The van der Waals surface area contributed by atoms with Gasteiger partial charge in [-0.05, 0) is 37.5 Å². The van der Waals surface area contributed by atoms with Gasteiger partial charge in [-0.3, -0.25) is 0 Å². The van der Waals surface area contributed by atoms with Crippen molar-refractivity contribution in [1.29, 1.82) is 0 Å². The smallest absolute Gasteiger partial charge is 0.161 e. The molecule has 0 aliphatic rings. The molecule has 0 bridgehead atoms. The summed E-state index contributed by atoms with van der Waals surface area (Å²) in [5.74, 6) is 1.48. The SMILES string of the molecule is CCCOc1ccc([C@@H](C)O)cc1OCCC. The van der Waals surface area contributed by atoms with Gasteiger partial charge in [-0.15, -0.1) is 0 Å². The fourth-order valence-electron chi connectivity index (χ4n) is 1.44. The van der Waals surface area contributed by atoms with Crippen LogP contribution in [0.5, 0.6) is 11.5 Å². The minimum atomic E-state index is -0.487. The van der Waals surface area contributed by atoms with Crippen molar-refractivity contribution >= 4 is 0 Å². The molecule has 0 spiro atoms. The van der Waals surface area contributed by atoms with E-state index in [4.69, 9.17) is 9.47 Å². The molecule has 17 heavy (non-hydrogen) atoms. The average molecular weight is 238 g/mol. The minimum Gasteiger partial charge on any atom is -0.490 e. The van der Waals surface area contributed by atoms with Crippen LogP contribution in [0.2, 0.25) is 0 Å². The van der Waals surface area contributed by atoms with E-state index in [1.165, 1.54) is 0 Å². The summed E-state index contributed by atoms with van der Waals surface area (Å²) in [6.07, 6.45) is 1.43. The zero-order valence-corrected chi connectivity index (χ0v) is 10.9. The number of benzene rings is 1. The van der Waals surface area contributed by atoms with Crippen LogP contribution in [0.3, 0.4) is 0 Å². The molecule has 3 nitrogen and oxygen atoms in total. The molecule has 0 amide bonds. The van der Waals surface area contributed by atoms with Gasteiger partial charge in [0.15, 0.2) is 11.5 Å². The molecule has 0 heterocycles. The van der Waals surface area contributed by atoms with E-state index in [-0.39, 0.29) is 0 Å². The van der Waals surface area contributed by atoms with Crippen LogP contribution in [-0.4, -0.2) is 18.3 Å². The highest BCUT2D eigenvalue weighted by atomic mass is 16.5. The maximum Gasteiger partial charge on any atom is 0.161 e. The summed E-state index contributed by atoms with van der Waals surface area (Å²) < 4.78 is 11.2. The van der Waals surface area contributed by atoms with Gasteiger partial charge in [-0.25, -0.2) is 0 Å². The summed E-state index contributed by atoms with van der Waals surface area (Å²) in [7, 11) is 0. The Labute approximate surface area is 103 Å². The van der Waals surface area contributed by atoms with E-state index in [0.29, 0.717) is 13.2 Å². The molecule has 0 aromatic heterocycles. The molecule has 1 atom stereocenters. The van der Waals surface area contributed by atoms with E-state index < -0.39 is 6.10 Å². The highest BCUT2D eigenvalue weighted by molar-refractivity contribution is 5.43. The van der Waals surface area contributed by atoms with Gasteiger partial charge < -0.3 is 14.6 Å².